The van der Waals surface area contributed by atoms with Crippen LogP contribution < -0.4 is 0 Å². The van der Waals surface area contributed by atoms with Gasteiger partial charge in [0.25, 0.3) is 0 Å². The van der Waals surface area contributed by atoms with E-state index in [-0.39, 0.29) is 12.2 Å². The molecule has 0 bridgehead atoms. The van der Waals surface area contributed by atoms with Crippen LogP contribution in [0.2, 0.25) is 0 Å². The topological polar surface area (TPSA) is 77.7 Å². The zero-order chi connectivity index (χ0) is 18.5. The molecule has 26 heavy (non-hydrogen) atoms. The standard InChI is InChI=1S/C18H24N6O2/c1-11(23(4)5)22-16-15-17(20-9-19-16)24(10-21-15)12-6-7-13-14(8-12)26-18(2,3)25-13/h8-10,13-14H,6-7H2,1-5H3/b22-11+/t13-,14+/m0/s1. The Kier molecular flexibility index (Phi) is 4.04. The van der Waals surface area contributed by atoms with Crippen molar-refractivity contribution in [1.29, 1.82) is 0 Å². The Labute approximate surface area is 152 Å². The average molecular weight is 356 g/mol. The summed E-state index contributed by atoms with van der Waals surface area (Å²) in [4.78, 5) is 19.8. The quantitative estimate of drug-likeness (QED) is 0.608. The highest BCUT2D eigenvalue weighted by Gasteiger charge is 2.42. The van der Waals surface area contributed by atoms with Crippen LogP contribution in [0.15, 0.2) is 23.7 Å². The smallest absolute Gasteiger partial charge is 0.185 e. The number of amidine groups is 1. The number of aromatic nitrogens is 4. The molecule has 0 spiro atoms. The van der Waals surface area contributed by atoms with E-state index in [1.54, 1.807) is 6.33 Å². The van der Waals surface area contributed by atoms with Gasteiger partial charge in [0.1, 0.15) is 24.6 Å². The summed E-state index contributed by atoms with van der Waals surface area (Å²) >= 11 is 0. The van der Waals surface area contributed by atoms with Crippen molar-refractivity contribution in [3.8, 4) is 0 Å². The highest BCUT2D eigenvalue weighted by molar-refractivity contribution is 5.89. The lowest BCUT2D eigenvalue weighted by atomic mass is 9.99. The predicted molar refractivity (Wildman–Crippen MR) is 99.1 cm³/mol. The van der Waals surface area contributed by atoms with Gasteiger partial charge in [-0.15, -0.1) is 0 Å². The normalized spacial score (nSPS) is 25.3. The van der Waals surface area contributed by atoms with Gasteiger partial charge in [0.05, 0.1) is 6.10 Å². The largest absolute Gasteiger partial charge is 0.366 e. The predicted octanol–water partition coefficient (Wildman–Crippen LogP) is 2.59. The fraction of sp³-hybridized carbons (Fsp3) is 0.556. The van der Waals surface area contributed by atoms with Crippen molar-refractivity contribution >= 4 is 28.5 Å². The van der Waals surface area contributed by atoms with Crippen LogP contribution >= 0.6 is 0 Å². The summed E-state index contributed by atoms with van der Waals surface area (Å²) < 4.78 is 14.0. The number of hydrogen-bond donors (Lipinski definition) is 0. The first-order chi connectivity index (χ1) is 12.3. The highest BCUT2D eigenvalue weighted by atomic mass is 16.7. The molecule has 3 heterocycles. The van der Waals surface area contributed by atoms with E-state index < -0.39 is 5.79 Å². The molecule has 2 aliphatic rings. The van der Waals surface area contributed by atoms with E-state index in [1.807, 2.05) is 44.3 Å². The van der Waals surface area contributed by atoms with Gasteiger partial charge in [-0.05, 0) is 39.7 Å². The van der Waals surface area contributed by atoms with Crippen molar-refractivity contribution in [2.24, 2.45) is 4.99 Å². The summed E-state index contributed by atoms with van der Waals surface area (Å²) in [6.07, 6.45) is 7.31. The molecule has 0 unspecified atom stereocenters. The minimum Gasteiger partial charge on any atom is -0.366 e. The lowest BCUT2D eigenvalue weighted by molar-refractivity contribution is -0.142. The van der Waals surface area contributed by atoms with Crippen LogP contribution in [0, 0.1) is 0 Å². The lowest BCUT2D eigenvalue weighted by Gasteiger charge is -2.22. The Bertz CT molecular complexity index is 898. The van der Waals surface area contributed by atoms with Gasteiger partial charge in [0, 0.05) is 19.8 Å². The van der Waals surface area contributed by atoms with Crippen LogP contribution in [0.25, 0.3) is 16.9 Å². The van der Waals surface area contributed by atoms with Gasteiger partial charge in [-0.1, -0.05) is 0 Å². The minimum atomic E-state index is -0.536. The second kappa shape index (κ2) is 6.14. The monoisotopic (exact) mass is 356 g/mol. The van der Waals surface area contributed by atoms with Crippen molar-refractivity contribution in [3.05, 3.63) is 18.7 Å². The van der Waals surface area contributed by atoms with Crippen LogP contribution in [-0.2, 0) is 9.47 Å². The molecule has 0 saturated carbocycles. The Hall–Kier alpha value is -2.32. The van der Waals surface area contributed by atoms with Gasteiger partial charge in [0.15, 0.2) is 22.8 Å². The molecule has 138 valence electrons. The summed E-state index contributed by atoms with van der Waals surface area (Å²) in [6.45, 7) is 5.85. The summed E-state index contributed by atoms with van der Waals surface area (Å²) in [5, 5.41) is 0. The third kappa shape index (κ3) is 2.99. The lowest BCUT2D eigenvalue weighted by Crippen LogP contribution is -2.25. The molecule has 1 aliphatic carbocycles. The van der Waals surface area contributed by atoms with E-state index >= 15 is 0 Å². The molecule has 0 radical (unpaired) electrons. The Balaban J connectivity index is 1.72. The summed E-state index contributed by atoms with van der Waals surface area (Å²) in [6, 6.07) is 0. The van der Waals surface area contributed by atoms with Crippen molar-refractivity contribution < 1.29 is 9.47 Å². The maximum Gasteiger partial charge on any atom is 0.185 e. The summed E-state index contributed by atoms with van der Waals surface area (Å²) in [5.41, 5.74) is 2.57. The van der Waals surface area contributed by atoms with Crippen LogP contribution in [0.3, 0.4) is 0 Å². The molecule has 1 fully saturated rings. The van der Waals surface area contributed by atoms with Crippen LogP contribution in [0.1, 0.15) is 33.6 Å². The van der Waals surface area contributed by atoms with E-state index in [1.165, 1.54) is 6.33 Å². The number of ether oxygens (including phenoxy) is 2. The molecule has 1 aliphatic heterocycles. The Morgan fingerprint density at radius 2 is 2.08 bits per heavy atom. The maximum absolute atomic E-state index is 6.00. The van der Waals surface area contributed by atoms with E-state index in [0.29, 0.717) is 11.3 Å². The SMILES string of the molecule is C/C(=N\c1ncnc2c1ncn2C1=C[C@H]2OC(C)(C)O[C@H]2CC1)N(C)C. The van der Waals surface area contributed by atoms with Crippen molar-refractivity contribution in [2.75, 3.05) is 14.1 Å². The Morgan fingerprint density at radius 3 is 2.85 bits per heavy atom. The minimum absolute atomic E-state index is 0.0403. The second-order valence-electron chi connectivity index (χ2n) is 7.37. The first-order valence-corrected chi connectivity index (χ1v) is 8.81. The molecule has 2 aromatic heterocycles. The number of hydrogen-bond acceptors (Lipinski definition) is 6. The van der Waals surface area contributed by atoms with E-state index in [2.05, 4.69) is 26.0 Å². The highest BCUT2D eigenvalue weighted by Crippen LogP contribution is 2.37. The maximum atomic E-state index is 6.00. The van der Waals surface area contributed by atoms with Gasteiger partial charge in [-0.25, -0.2) is 19.9 Å². The zero-order valence-corrected chi connectivity index (χ0v) is 15.8. The van der Waals surface area contributed by atoms with Gasteiger partial charge in [0.2, 0.25) is 0 Å². The molecule has 4 rings (SSSR count). The molecule has 8 nitrogen and oxygen atoms in total. The number of fused-ring (bicyclic) bond motifs is 2. The second-order valence-corrected chi connectivity index (χ2v) is 7.37. The number of aliphatic imine (C=N–C) groups is 1. The molecule has 0 N–H and O–H groups in total. The number of imidazole rings is 1. The van der Waals surface area contributed by atoms with Crippen LogP contribution in [0.5, 0.6) is 0 Å². The molecule has 2 aromatic rings. The average Bonchev–Trinajstić information content (AvgIpc) is 3.13. The first kappa shape index (κ1) is 17.1. The van der Waals surface area contributed by atoms with Crippen molar-refractivity contribution in [1.82, 2.24) is 24.4 Å². The molecule has 0 aromatic carbocycles. The molecule has 2 atom stereocenters. The van der Waals surface area contributed by atoms with Crippen LogP contribution in [-0.4, -0.2) is 62.3 Å². The molecular formula is C18H24N6O2. The summed E-state index contributed by atoms with van der Waals surface area (Å²) in [5.74, 6) is 0.903. The number of nitrogens with zero attached hydrogens (tertiary/aromatic N) is 6. The zero-order valence-electron chi connectivity index (χ0n) is 15.8. The van der Waals surface area contributed by atoms with Gasteiger partial charge in [-0.2, -0.15) is 0 Å². The third-order valence-corrected chi connectivity index (χ3v) is 4.80. The molecule has 8 heteroatoms. The van der Waals surface area contributed by atoms with Crippen molar-refractivity contribution in [2.45, 2.75) is 51.6 Å². The van der Waals surface area contributed by atoms with Crippen molar-refractivity contribution in [3.63, 3.8) is 0 Å². The number of allylic oxidation sites excluding steroid dienone is 1. The molecular weight excluding hydrogens is 332 g/mol. The van der Waals surface area contributed by atoms with E-state index in [9.17, 15) is 0 Å². The van der Waals surface area contributed by atoms with Crippen LogP contribution in [0.4, 0.5) is 5.82 Å². The van der Waals surface area contributed by atoms with Gasteiger partial charge in [-0.3, -0.25) is 4.57 Å². The van der Waals surface area contributed by atoms with Gasteiger partial charge >= 0.3 is 0 Å². The fourth-order valence-corrected chi connectivity index (χ4v) is 3.36. The number of rotatable bonds is 2. The van der Waals surface area contributed by atoms with E-state index in [4.69, 9.17) is 9.47 Å². The van der Waals surface area contributed by atoms with Gasteiger partial charge < -0.3 is 14.4 Å². The summed E-state index contributed by atoms with van der Waals surface area (Å²) in [7, 11) is 3.90. The van der Waals surface area contributed by atoms with E-state index in [0.717, 1.165) is 30.0 Å². The first-order valence-electron chi connectivity index (χ1n) is 8.81. The third-order valence-electron chi connectivity index (χ3n) is 4.80. The molecule has 1 saturated heterocycles. The Morgan fingerprint density at radius 1 is 1.27 bits per heavy atom. The fourth-order valence-electron chi connectivity index (χ4n) is 3.36. The molecule has 0 amide bonds.